The van der Waals surface area contributed by atoms with Crippen molar-refractivity contribution < 1.29 is 47.9 Å². The fourth-order valence-electron chi connectivity index (χ4n) is 7.88. The van der Waals surface area contributed by atoms with Crippen LogP contribution in [0.1, 0.15) is 222 Å². The zero-order chi connectivity index (χ0) is 56.6. The third kappa shape index (κ3) is 33.4. The number of aromatic hydroxyl groups is 1. The third-order valence-corrected chi connectivity index (χ3v) is 12.6. The van der Waals surface area contributed by atoms with E-state index in [4.69, 9.17) is 19.3 Å². The Hall–Kier alpha value is -5.49. The van der Waals surface area contributed by atoms with E-state index in [0.717, 1.165) is 107 Å². The summed E-state index contributed by atoms with van der Waals surface area (Å²) in [6.07, 6.45) is 26.8. The minimum atomic E-state index is -0.471. The number of hydrogen-bond donors (Lipinski definition) is 4. The van der Waals surface area contributed by atoms with Crippen LogP contribution >= 0.6 is 8.69 Å². The lowest BCUT2D eigenvalue weighted by molar-refractivity contribution is -0.119. The summed E-state index contributed by atoms with van der Waals surface area (Å²) in [5.74, 6) is 0.358. The summed E-state index contributed by atoms with van der Waals surface area (Å²) >= 11 is 0. The lowest BCUT2D eigenvalue weighted by Gasteiger charge is -2.20. The maximum atomic E-state index is 12.0. The average molecular weight is 1090 g/mol. The Labute approximate surface area is 465 Å². The van der Waals surface area contributed by atoms with Crippen molar-refractivity contribution in [2.45, 2.75) is 209 Å². The summed E-state index contributed by atoms with van der Waals surface area (Å²) in [4.78, 5) is 35.9. The predicted octanol–water partition coefficient (Wildman–Crippen LogP) is 17.5. The van der Waals surface area contributed by atoms with Gasteiger partial charge in [-0.15, -0.1) is 0 Å². The van der Waals surface area contributed by atoms with Crippen molar-refractivity contribution in [2.75, 3.05) is 42.4 Å². The van der Waals surface area contributed by atoms with Crippen molar-refractivity contribution in [3.63, 3.8) is 0 Å². The Morgan fingerprint density at radius 1 is 0.558 bits per heavy atom. The summed E-state index contributed by atoms with van der Waals surface area (Å²) in [5.41, 5.74) is 10.7. The largest absolute Gasteiger partial charge is 0.506 e. The highest BCUT2D eigenvalue weighted by Crippen LogP contribution is 2.35. The molecule has 13 nitrogen and oxygen atoms in total. The number of Topliss-reactive ketones (excluding diaryl/α,β-unsaturated/α-hetero) is 1. The van der Waals surface area contributed by atoms with Gasteiger partial charge in [-0.3, -0.25) is 15.6 Å². The van der Waals surface area contributed by atoms with E-state index in [1.54, 1.807) is 47.6 Å². The number of rotatable bonds is 35. The number of phenolic OH excluding ortho intramolecular Hbond substituents is 1. The predicted molar refractivity (Wildman–Crippen MR) is 317 cm³/mol. The summed E-state index contributed by atoms with van der Waals surface area (Å²) in [6, 6.07) is 29.0. The van der Waals surface area contributed by atoms with Crippen molar-refractivity contribution >= 4 is 43.5 Å². The molecule has 0 radical (unpaired) electrons. The zero-order valence-corrected chi connectivity index (χ0v) is 49.1. The van der Waals surface area contributed by atoms with Crippen molar-refractivity contribution in [1.29, 1.82) is 0 Å². The number of nitrogens with zero attached hydrogens (tertiary/aromatic N) is 1. The van der Waals surface area contributed by atoms with E-state index in [0.29, 0.717) is 30.4 Å². The van der Waals surface area contributed by atoms with E-state index in [-0.39, 0.29) is 38.3 Å². The Balaban J connectivity index is 0.000000538. The van der Waals surface area contributed by atoms with Crippen LogP contribution in [0.4, 0.5) is 17.1 Å². The molecule has 0 amide bonds. The Bertz CT molecular complexity index is 2040. The Morgan fingerprint density at radius 3 is 1.55 bits per heavy atom. The molecule has 430 valence electrons. The highest BCUT2D eigenvalue weighted by molar-refractivity contribution is 7.17. The number of anilines is 3. The maximum Gasteiger partial charge on any atom is 0.395 e. The van der Waals surface area contributed by atoms with Gasteiger partial charge >= 0.3 is 20.6 Å². The average Bonchev–Trinajstić information content (AvgIpc) is 3.89. The summed E-state index contributed by atoms with van der Waals surface area (Å²) in [5, 5.41) is 20.7. The standard InChI is InChI=1S/C26H52O3.C16H22O4.C13H13N3O.C6H5O2P.C2H6/c1-3-5-7-9-11-13-17-24-29-26(22-18-23-27)21-16-15-20-25(28)19-14-12-10-8-6-4-2;1-3-5-11-19-15(17)13-9-7-8-10-14(13)16(18)20-12-6-4-2;1-9-6-7-13(17)12(8-9)16-14-10-4-2-3-5-11(10)15-16;7-9-8-6-4-2-1-3-5-6;1-2/h26-27H,3-24H2,1-2H3;7-10H,3-6,11-12H2,1-2H3;2-8,14-15,17H,1H3;1-5H;1-2H3. The molecular weight excluding hydrogens is 990 g/mol. The fraction of sp³-hybridized carbons (Fsp3) is 0.571. The van der Waals surface area contributed by atoms with Crippen LogP contribution in [0.25, 0.3) is 0 Å². The van der Waals surface area contributed by atoms with Gasteiger partial charge in [0.2, 0.25) is 0 Å². The first-order valence-corrected chi connectivity index (χ1v) is 29.8. The molecule has 1 unspecified atom stereocenters. The number of carbonyl (C=O) groups excluding carboxylic acids is 3. The number of carbonyl (C=O) groups is 3. The number of ether oxygens (including phenoxy) is 3. The van der Waals surface area contributed by atoms with Crippen molar-refractivity contribution in [2.24, 2.45) is 0 Å². The molecule has 77 heavy (non-hydrogen) atoms. The van der Waals surface area contributed by atoms with Crippen LogP contribution in [0.2, 0.25) is 0 Å². The second kappa shape index (κ2) is 47.7. The molecular formula is C63H98N3O10P. The number of benzene rings is 4. The van der Waals surface area contributed by atoms with Gasteiger partial charge in [-0.2, -0.15) is 5.12 Å². The first-order chi connectivity index (χ1) is 37.6. The summed E-state index contributed by atoms with van der Waals surface area (Å²) in [7, 11) is -0.305. The highest BCUT2D eigenvalue weighted by Gasteiger charge is 2.21. The van der Waals surface area contributed by atoms with Crippen LogP contribution in [0.5, 0.6) is 11.5 Å². The van der Waals surface area contributed by atoms with Gasteiger partial charge in [0.05, 0.1) is 41.8 Å². The molecule has 1 heterocycles. The van der Waals surface area contributed by atoms with Gasteiger partial charge in [0.25, 0.3) is 0 Å². The number of phenols is 1. The molecule has 1 aliphatic rings. The number of para-hydroxylation sites is 3. The number of esters is 2. The molecule has 14 heteroatoms. The lowest BCUT2D eigenvalue weighted by Crippen LogP contribution is -2.29. The molecule has 4 N–H and O–H groups in total. The van der Waals surface area contributed by atoms with Crippen LogP contribution in [0, 0.1) is 6.92 Å². The van der Waals surface area contributed by atoms with Crippen LogP contribution < -0.4 is 20.5 Å². The van der Waals surface area contributed by atoms with Crippen LogP contribution in [0.3, 0.4) is 0 Å². The van der Waals surface area contributed by atoms with Gasteiger partial charge in [-0.25, -0.2) is 14.2 Å². The number of fused-ring (bicyclic) bond motifs is 1. The van der Waals surface area contributed by atoms with E-state index in [1.807, 2.05) is 89.2 Å². The second-order valence-corrected chi connectivity index (χ2v) is 19.2. The van der Waals surface area contributed by atoms with Crippen LogP contribution in [0.15, 0.2) is 97.1 Å². The maximum absolute atomic E-state index is 12.0. The van der Waals surface area contributed by atoms with E-state index < -0.39 is 11.9 Å². The number of ketones is 1. The quantitative estimate of drug-likeness (QED) is 0.0195. The number of aliphatic hydroxyl groups excluding tert-OH is 1. The molecule has 0 saturated heterocycles. The van der Waals surface area contributed by atoms with Crippen LogP contribution in [-0.4, -0.2) is 60.5 Å². The van der Waals surface area contributed by atoms with Gasteiger partial charge in [0.15, 0.2) is 0 Å². The summed E-state index contributed by atoms with van der Waals surface area (Å²) in [6.45, 7) is 16.4. The third-order valence-electron chi connectivity index (χ3n) is 12.3. The first-order valence-electron chi connectivity index (χ1n) is 29.1. The van der Waals surface area contributed by atoms with Gasteiger partial charge in [0.1, 0.15) is 23.0 Å². The van der Waals surface area contributed by atoms with E-state index in [9.17, 15) is 24.1 Å². The smallest absolute Gasteiger partial charge is 0.395 e. The minimum absolute atomic E-state index is 0.239. The van der Waals surface area contributed by atoms with Gasteiger partial charge < -0.3 is 28.9 Å². The molecule has 0 aliphatic carbocycles. The monoisotopic (exact) mass is 1090 g/mol. The lowest BCUT2D eigenvalue weighted by atomic mass is 10.0. The highest BCUT2D eigenvalue weighted by atomic mass is 31.1. The number of aliphatic hydroxyl groups is 1. The van der Waals surface area contributed by atoms with Crippen molar-refractivity contribution in [3.05, 3.63) is 114 Å². The topological polar surface area (TPSA) is 173 Å². The summed E-state index contributed by atoms with van der Waals surface area (Å²) < 4.78 is 30.8. The van der Waals surface area contributed by atoms with Gasteiger partial charge in [-0.1, -0.05) is 180 Å². The molecule has 5 rings (SSSR count). The number of nitrogens with one attached hydrogen (secondary N) is 2. The first kappa shape index (κ1) is 69.5. The number of hydrazine groups is 2. The molecule has 0 fully saturated rings. The fourth-order valence-corrected chi connectivity index (χ4v) is 8.09. The van der Waals surface area contributed by atoms with Gasteiger partial charge in [-0.05, 0) is 112 Å². The molecule has 1 aliphatic heterocycles. The minimum Gasteiger partial charge on any atom is -0.506 e. The number of unbranched alkanes of at least 4 members (excludes halogenated alkanes) is 14. The molecule has 0 aromatic heterocycles. The molecule has 0 saturated carbocycles. The molecule has 4 aromatic carbocycles. The Kier molecular flexibility index (Phi) is 43.1. The Morgan fingerprint density at radius 2 is 1.03 bits per heavy atom. The molecule has 0 bridgehead atoms. The van der Waals surface area contributed by atoms with E-state index in [2.05, 4.69) is 29.2 Å². The molecule has 0 spiro atoms. The SMILES string of the molecule is CC.CCCCCCCCCOC(CCCO)CCCCC(=O)CCCCCCCC.CCCCOC(=O)c1ccccc1C(=O)OCCCC.Cc1ccc(O)c(N2Nc3ccccc3N2)c1.O=POc1ccccc1. The second-order valence-electron chi connectivity index (χ2n) is 18.9. The molecule has 1 atom stereocenters. The normalized spacial score (nSPS) is 11.3. The van der Waals surface area contributed by atoms with E-state index in [1.165, 1.54) is 70.6 Å². The number of hydrogen-bond acceptors (Lipinski definition) is 13. The molecule has 4 aromatic rings. The zero-order valence-electron chi connectivity index (χ0n) is 48.2. The van der Waals surface area contributed by atoms with E-state index >= 15 is 0 Å². The van der Waals surface area contributed by atoms with Gasteiger partial charge in [0, 0.05) is 26.1 Å². The van der Waals surface area contributed by atoms with Crippen molar-refractivity contribution in [3.8, 4) is 11.5 Å². The van der Waals surface area contributed by atoms with Crippen molar-refractivity contribution in [1.82, 2.24) is 0 Å². The van der Waals surface area contributed by atoms with Crippen LogP contribution in [-0.2, 0) is 23.6 Å². The number of aryl methyl sites for hydroxylation is 1.